The second-order valence-corrected chi connectivity index (χ2v) is 5.91. The lowest BCUT2D eigenvalue weighted by Gasteiger charge is -2.31. The maximum Gasteiger partial charge on any atom is 0.309 e. The Balaban J connectivity index is 2.66. The first-order chi connectivity index (χ1) is 11.2. The van der Waals surface area contributed by atoms with Gasteiger partial charge in [0.1, 0.15) is 24.4 Å². The van der Waals surface area contributed by atoms with Gasteiger partial charge in [-0.05, 0) is 6.92 Å². The van der Waals surface area contributed by atoms with Gasteiger partial charge in [0.05, 0.1) is 6.42 Å². The Morgan fingerprint density at radius 3 is 2.29 bits per heavy atom. The highest BCUT2D eigenvalue weighted by Crippen LogP contribution is 2.24. The van der Waals surface area contributed by atoms with Crippen LogP contribution in [0.3, 0.4) is 0 Å². The van der Waals surface area contributed by atoms with E-state index in [4.69, 9.17) is 18.9 Å². The standard InChI is InChI=1S/C16H24O8/c1-9(21-10(2)17)5-13(22-11(3)18)6-14-7-15(23-12(4)19)8-16(20)24-14/h9,13-15H,5-8H2,1-4H3/t9-,13-,14-,15?/m0/s1. The van der Waals surface area contributed by atoms with E-state index in [0.717, 1.165) is 0 Å². The summed E-state index contributed by atoms with van der Waals surface area (Å²) in [5.74, 6) is -1.84. The zero-order chi connectivity index (χ0) is 18.3. The number of carbonyl (C=O) groups is 4. The van der Waals surface area contributed by atoms with Gasteiger partial charge in [0.2, 0.25) is 0 Å². The van der Waals surface area contributed by atoms with Gasteiger partial charge >= 0.3 is 23.9 Å². The van der Waals surface area contributed by atoms with Gasteiger partial charge in [-0.2, -0.15) is 0 Å². The van der Waals surface area contributed by atoms with E-state index in [0.29, 0.717) is 6.42 Å². The molecular weight excluding hydrogens is 320 g/mol. The van der Waals surface area contributed by atoms with E-state index in [1.807, 2.05) is 0 Å². The van der Waals surface area contributed by atoms with Crippen LogP contribution in [-0.2, 0) is 38.1 Å². The molecule has 136 valence electrons. The predicted octanol–water partition coefficient (Wildman–Crippen LogP) is 1.29. The SMILES string of the molecule is CC(=O)OC1CC(=O)O[C@@H](C[C@H](C[C@H](C)OC(C)=O)OC(C)=O)C1. The number of esters is 4. The van der Waals surface area contributed by atoms with Crippen LogP contribution in [0.15, 0.2) is 0 Å². The monoisotopic (exact) mass is 344 g/mol. The largest absolute Gasteiger partial charge is 0.463 e. The normalized spacial score (nSPS) is 22.8. The van der Waals surface area contributed by atoms with Gasteiger partial charge in [-0.3, -0.25) is 19.2 Å². The number of hydrogen-bond acceptors (Lipinski definition) is 8. The Hall–Kier alpha value is -2.12. The molecule has 0 aromatic carbocycles. The van der Waals surface area contributed by atoms with Gasteiger partial charge in [0.15, 0.2) is 0 Å². The summed E-state index contributed by atoms with van der Waals surface area (Å²) < 4.78 is 20.6. The smallest absolute Gasteiger partial charge is 0.309 e. The maximum absolute atomic E-state index is 11.6. The van der Waals surface area contributed by atoms with E-state index in [1.165, 1.54) is 20.8 Å². The van der Waals surface area contributed by atoms with E-state index in [1.54, 1.807) is 6.92 Å². The second-order valence-electron chi connectivity index (χ2n) is 5.91. The summed E-state index contributed by atoms with van der Waals surface area (Å²) in [7, 11) is 0. The van der Waals surface area contributed by atoms with Crippen molar-refractivity contribution < 1.29 is 38.1 Å². The van der Waals surface area contributed by atoms with Gasteiger partial charge in [-0.25, -0.2) is 0 Å². The average Bonchev–Trinajstić information content (AvgIpc) is 2.34. The van der Waals surface area contributed by atoms with Crippen LogP contribution in [0.5, 0.6) is 0 Å². The third kappa shape index (κ3) is 7.94. The minimum Gasteiger partial charge on any atom is -0.463 e. The van der Waals surface area contributed by atoms with Gasteiger partial charge in [-0.15, -0.1) is 0 Å². The van der Waals surface area contributed by atoms with E-state index < -0.39 is 48.3 Å². The Labute approximate surface area is 140 Å². The topological polar surface area (TPSA) is 105 Å². The van der Waals surface area contributed by atoms with Crippen molar-refractivity contribution in [2.45, 2.75) is 77.8 Å². The molecule has 1 unspecified atom stereocenters. The number of rotatable bonds is 7. The molecular formula is C16H24O8. The summed E-state index contributed by atoms with van der Waals surface area (Å²) in [5.41, 5.74) is 0. The number of cyclic esters (lactones) is 1. The van der Waals surface area contributed by atoms with Gasteiger partial charge in [0, 0.05) is 40.0 Å². The van der Waals surface area contributed by atoms with Crippen molar-refractivity contribution in [3.8, 4) is 0 Å². The second kappa shape index (κ2) is 9.24. The third-order valence-corrected chi connectivity index (χ3v) is 3.37. The molecule has 1 rings (SSSR count). The molecule has 24 heavy (non-hydrogen) atoms. The van der Waals surface area contributed by atoms with Crippen LogP contribution in [0.25, 0.3) is 0 Å². The first-order valence-corrected chi connectivity index (χ1v) is 7.86. The number of ether oxygens (including phenoxy) is 4. The van der Waals surface area contributed by atoms with Crippen molar-refractivity contribution in [2.75, 3.05) is 0 Å². The van der Waals surface area contributed by atoms with Crippen LogP contribution in [-0.4, -0.2) is 48.3 Å². The molecule has 1 saturated heterocycles. The highest BCUT2D eigenvalue weighted by atomic mass is 16.6. The molecule has 1 aliphatic heterocycles. The minimum atomic E-state index is -0.578. The van der Waals surface area contributed by atoms with E-state index >= 15 is 0 Å². The van der Waals surface area contributed by atoms with Crippen LogP contribution in [0.4, 0.5) is 0 Å². The average molecular weight is 344 g/mol. The Morgan fingerprint density at radius 1 is 1.12 bits per heavy atom. The predicted molar refractivity (Wildman–Crippen MR) is 80.7 cm³/mol. The zero-order valence-electron chi connectivity index (χ0n) is 14.4. The lowest BCUT2D eigenvalue weighted by atomic mass is 9.98. The number of hydrogen-bond donors (Lipinski definition) is 0. The molecule has 1 heterocycles. The van der Waals surface area contributed by atoms with Crippen molar-refractivity contribution in [3.63, 3.8) is 0 Å². The molecule has 0 radical (unpaired) electrons. The fourth-order valence-corrected chi connectivity index (χ4v) is 2.74. The summed E-state index contributed by atoms with van der Waals surface area (Å²) >= 11 is 0. The quantitative estimate of drug-likeness (QED) is 0.502. The Morgan fingerprint density at radius 2 is 1.75 bits per heavy atom. The van der Waals surface area contributed by atoms with Gasteiger partial charge in [-0.1, -0.05) is 0 Å². The summed E-state index contributed by atoms with van der Waals surface area (Å²) in [5, 5.41) is 0. The summed E-state index contributed by atoms with van der Waals surface area (Å²) in [6.07, 6.45) is -1.23. The first kappa shape index (κ1) is 19.9. The fraction of sp³-hybridized carbons (Fsp3) is 0.750. The third-order valence-electron chi connectivity index (χ3n) is 3.37. The zero-order valence-corrected chi connectivity index (χ0v) is 14.4. The number of carbonyl (C=O) groups excluding carboxylic acids is 4. The first-order valence-electron chi connectivity index (χ1n) is 7.86. The van der Waals surface area contributed by atoms with E-state index in [9.17, 15) is 19.2 Å². The summed E-state index contributed by atoms with van der Waals surface area (Å²) in [6, 6.07) is 0. The van der Waals surface area contributed by atoms with Crippen LogP contribution in [0.1, 0.15) is 53.4 Å². The van der Waals surface area contributed by atoms with Crippen molar-refractivity contribution in [1.29, 1.82) is 0 Å². The van der Waals surface area contributed by atoms with Crippen LogP contribution in [0, 0.1) is 0 Å². The lowest BCUT2D eigenvalue weighted by molar-refractivity contribution is -0.171. The van der Waals surface area contributed by atoms with Crippen LogP contribution >= 0.6 is 0 Å². The molecule has 8 heteroatoms. The summed E-state index contributed by atoms with van der Waals surface area (Å²) in [4.78, 5) is 45.0. The summed E-state index contributed by atoms with van der Waals surface area (Å²) in [6.45, 7) is 5.53. The maximum atomic E-state index is 11.6. The van der Waals surface area contributed by atoms with Crippen molar-refractivity contribution in [3.05, 3.63) is 0 Å². The molecule has 0 saturated carbocycles. The fourth-order valence-electron chi connectivity index (χ4n) is 2.74. The molecule has 0 N–H and O–H groups in total. The van der Waals surface area contributed by atoms with Crippen molar-refractivity contribution in [1.82, 2.24) is 0 Å². The molecule has 8 nitrogen and oxygen atoms in total. The lowest BCUT2D eigenvalue weighted by Crippen LogP contribution is -2.38. The van der Waals surface area contributed by atoms with Crippen LogP contribution in [0.2, 0.25) is 0 Å². The molecule has 4 atom stereocenters. The van der Waals surface area contributed by atoms with Crippen molar-refractivity contribution in [2.24, 2.45) is 0 Å². The van der Waals surface area contributed by atoms with Gasteiger partial charge < -0.3 is 18.9 Å². The molecule has 1 fully saturated rings. The Bertz CT molecular complexity index is 484. The van der Waals surface area contributed by atoms with E-state index in [2.05, 4.69) is 0 Å². The van der Waals surface area contributed by atoms with E-state index in [-0.39, 0.29) is 19.3 Å². The molecule has 0 aromatic rings. The minimum absolute atomic E-state index is 0.0121. The van der Waals surface area contributed by atoms with Gasteiger partial charge in [0.25, 0.3) is 0 Å². The molecule has 1 aliphatic rings. The van der Waals surface area contributed by atoms with Crippen molar-refractivity contribution >= 4 is 23.9 Å². The molecule has 0 spiro atoms. The molecule has 0 aliphatic carbocycles. The molecule has 0 bridgehead atoms. The highest BCUT2D eigenvalue weighted by molar-refractivity contribution is 5.72. The molecule has 0 aromatic heterocycles. The highest BCUT2D eigenvalue weighted by Gasteiger charge is 2.33. The Kier molecular flexibility index (Phi) is 7.67. The van der Waals surface area contributed by atoms with Crippen LogP contribution < -0.4 is 0 Å². The molecule has 0 amide bonds.